The number of aromatic nitrogens is 3. The minimum absolute atomic E-state index is 0.0525. The molecular formula is C15H14ClF6N3S. The Balaban J connectivity index is 0.00000163. The van der Waals surface area contributed by atoms with Crippen LogP contribution in [0.15, 0.2) is 23.6 Å². The SMILES string of the molecule is CC.Cc1cc(C(F)(F)F)nc(SCc2c(Cl)cncc2C(F)(F)F)n1. The number of thioether (sulfide) groups is 1. The second-order valence-electron chi connectivity index (χ2n) is 4.61. The van der Waals surface area contributed by atoms with Gasteiger partial charge in [-0.3, -0.25) is 4.98 Å². The first kappa shape index (κ1) is 22.5. The molecule has 0 spiro atoms. The van der Waals surface area contributed by atoms with Crippen LogP contribution in [0, 0.1) is 6.92 Å². The minimum atomic E-state index is -4.68. The summed E-state index contributed by atoms with van der Waals surface area (Å²) in [6, 6.07) is 0.755. The topological polar surface area (TPSA) is 38.7 Å². The fraction of sp³-hybridized carbons (Fsp3) is 0.400. The van der Waals surface area contributed by atoms with Crippen molar-refractivity contribution in [3.8, 4) is 0 Å². The molecule has 0 aliphatic rings. The normalized spacial score (nSPS) is 11.8. The highest BCUT2D eigenvalue weighted by Gasteiger charge is 2.35. The van der Waals surface area contributed by atoms with E-state index in [2.05, 4.69) is 15.0 Å². The molecule has 0 N–H and O–H groups in total. The van der Waals surface area contributed by atoms with Gasteiger partial charge in [0.2, 0.25) is 0 Å². The summed E-state index contributed by atoms with van der Waals surface area (Å²) in [7, 11) is 0. The lowest BCUT2D eigenvalue weighted by molar-refractivity contribution is -0.141. The Labute approximate surface area is 155 Å². The molecule has 0 aliphatic carbocycles. The Morgan fingerprint density at radius 2 is 1.62 bits per heavy atom. The molecule has 2 aromatic rings. The van der Waals surface area contributed by atoms with Gasteiger partial charge in [0.05, 0.1) is 10.6 Å². The quantitative estimate of drug-likeness (QED) is 0.339. The molecule has 0 atom stereocenters. The van der Waals surface area contributed by atoms with Crippen LogP contribution in [0.25, 0.3) is 0 Å². The molecule has 0 aromatic carbocycles. The summed E-state index contributed by atoms with van der Waals surface area (Å²) in [4.78, 5) is 10.5. The summed E-state index contributed by atoms with van der Waals surface area (Å²) in [6.45, 7) is 5.33. The first-order chi connectivity index (χ1) is 12.0. The molecule has 0 fully saturated rings. The van der Waals surface area contributed by atoms with E-state index in [-0.39, 0.29) is 27.2 Å². The highest BCUT2D eigenvalue weighted by atomic mass is 35.5. The number of hydrogen-bond donors (Lipinski definition) is 0. The third kappa shape index (κ3) is 6.01. The molecule has 0 bridgehead atoms. The predicted octanol–water partition coefficient (Wildman–Crippen LogP) is 6.19. The van der Waals surface area contributed by atoms with Gasteiger partial charge < -0.3 is 0 Å². The van der Waals surface area contributed by atoms with Crippen molar-refractivity contribution in [2.24, 2.45) is 0 Å². The van der Waals surface area contributed by atoms with Crippen LogP contribution < -0.4 is 0 Å². The standard InChI is InChI=1S/C13H8ClF6N3S.C2H6/c1-6-2-10(13(18,19)20)23-11(22-6)24-5-7-8(12(15,16)17)3-21-4-9(7)14;1-2/h2-4H,5H2,1H3;1-2H3. The second kappa shape index (κ2) is 8.90. The van der Waals surface area contributed by atoms with Crippen molar-refractivity contribution < 1.29 is 26.3 Å². The fourth-order valence-corrected chi connectivity index (χ4v) is 3.00. The second-order valence-corrected chi connectivity index (χ2v) is 5.96. The number of pyridine rings is 1. The summed E-state index contributed by atoms with van der Waals surface area (Å²) >= 11 is 6.37. The smallest absolute Gasteiger partial charge is 0.263 e. The van der Waals surface area contributed by atoms with E-state index in [0.717, 1.165) is 12.3 Å². The van der Waals surface area contributed by atoms with Gasteiger partial charge in [-0.1, -0.05) is 37.2 Å². The number of aryl methyl sites for hydroxylation is 1. The van der Waals surface area contributed by atoms with Crippen molar-refractivity contribution >= 4 is 23.4 Å². The van der Waals surface area contributed by atoms with Gasteiger partial charge in [-0.25, -0.2) is 9.97 Å². The lowest BCUT2D eigenvalue weighted by Gasteiger charge is -2.13. The molecule has 0 saturated carbocycles. The van der Waals surface area contributed by atoms with Crippen molar-refractivity contribution in [1.29, 1.82) is 0 Å². The fourth-order valence-electron chi connectivity index (χ4n) is 1.74. The summed E-state index contributed by atoms with van der Waals surface area (Å²) in [5.41, 5.74) is -2.44. The molecule has 3 nitrogen and oxygen atoms in total. The maximum atomic E-state index is 13.0. The maximum absolute atomic E-state index is 13.0. The molecule has 0 aliphatic heterocycles. The molecule has 2 rings (SSSR count). The summed E-state index contributed by atoms with van der Waals surface area (Å²) in [6.07, 6.45) is -7.71. The monoisotopic (exact) mass is 417 g/mol. The van der Waals surface area contributed by atoms with Gasteiger partial charge in [0.15, 0.2) is 5.16 Å². The van der Waals surface area contributed by atoms with E-state index in [9.17, 15) is 26.3 Å². The van der Waals surface area contributed by atoms with E-state index < -0.39 is 23.6 Å². The number of alkyl halides is 6. The molecule has 0 saturated heterocycles. The van der Waals surface area contributed by atoms with Crippen LogP contribution in [0.3, 0.4) is 0 Å². The third-order valence-corrected chi connectivity index (χ3v) is 3.98. The third-order valence-electron chi connectivity index (χ3n) is 2.78. The molecule has 0 unspecified atom stereocenters. The average Bonchev–Trinajstić information content (AvgIpc) is 2.53. The number of nitrogens with zero attached hydrogens (tertiary/aromatic N) is 3. The van der Waals surface area contributed by atoms with Gasteiger partial charge in [0, 0.05) is 23.8 Å². The Kier molecular flexibility index (Phi) is 7.70. The molecule has 11 heteroatoms. The molecule has 2 aromatic heterocycles. The van der Waals surface area contributed by atoms with Gasteiger partial charge >= 0.3 is 12.4 Å². The van der Waals surface area contributed by atoms with Gasteiger partial charge in [0.1, 0.15) is 5.69 Å². The highest BCUT2D eigenvalue weighted by Crippen LogP contribution is 2.37. The maximum Gasteiger partial charge on any atom is 0.433 e. The van der Waals surface area contributed by atoms with Crippen molar-refractivity contribution in [1.82, 2.24) is 15.0 Å². The molecule has 2 heterocycles. The minimum Gasteiger partial charge on any atom is -0.263 e. The van der Waals surface area contributed by atoms with Gasteiger partial charge in [0.25, 0.3) is 0 Å². The zero-order valence-corrected chi connectivity index (χ0v) is 15.4. The molecule has 144 valence electrons. The Morgan fingerprint density at radius 1 is 1.00 bits per heavy atom. The van der Waals surface area contributed by atoms with Crippen LogP contribution in [-0.2, 0) is 18.1 Å². The Bertz CT molecular complexity index is 749. The Morgan fingerprint density at radius 3 is 2.15 bits per heavy atom. The van der Waals surface area contributed by atoms with Crippen molar-refractivity contribution in [2.75, 3.05) is 0 Å². The van der Waals surface area contributed by atoms with Crippen LogP contribution in [0.2, 0.25) is 5.02 Å². The van der Waals surface area contributed by atoms with E-state index in [1.54, 1.807) is 0 Å². The highest BCUT2D eigenvalue weighted by molar-refractivity contribution is 7.98. The van der Waals surface area contributed by atoms with Crippen LogP contribution in [0.4, 0.5) is 26.3 Å². The number of rotatable bonds is 3. The van der Waals surface area contributed by atoms with Crippen molar-refractivity contribution in [3.05, 3.63) is 46.0 Å². The molecular weight excluding hydrogens is 404 g/mol. The summed E-state index contributed by atoms with van der Waals surface area (Å²) in [5.74, 6) is -0.350. The van der Waals surface area contributed by atoms with Crippen LogP contribution in [0.1, 0.15) is 36.4 Å². The van der Waals surface area contributed by atoms with E-state index in [0.29, 0.717) is 18.0 Å². The van der Waals surface area contributed by atoms with Crippen LogP contribution in [0.5, 0.6) is 0 Å². The van der Waals surface area contributed by atoms with E-state index in [4.69, 9.17) is 11.6 Å². The molecule has 26 heavy (non-hydrogen) atoms. The average molecular weight is 418 g/mol. The first-order valence-corrected chi connectivity index (χ1v) is 8.60. The first-order valence-electron chi connectivity index (χ1n) is 7.23. The van der Waals surface area contributed by atoms with Crippen LogP contribution >= 0.6 is 23.4 Å². The summed E-state index contributed by atoms with van der Waals surface area (Å²) < 4.78 is 77.0. The van der Waals surface area contributed by atoms with Crippen molar-refractivity contribution in [3.63, 3.8) is 0 Å². The zero-order valence-electron chi connectivity index (χ0n) is 13.8. The molecule has 0 amide bonds. The Hall–Kier alpha value is -1.55. The lowest BCUT2D eigenvalue weighted by atomic mass is 10.1. The van der Waals surface area contributed by atoms with Gasteiger partial charge in [-0.2, -0.15) is 26.3 Å². The number of halogens is 7. The number of hydrogen-bond acceptors (Lipinski definition) is 4. The van der Waals surface area contributed by atoms with E-state index in [1.165, 1.54) is 6.92 Å². The predicted molar refractivity (Wildman–Crippen MR) is 86.9 cm³/mol. The van der Waals surface area contributed by atoms with E-state index in [1.807, 2.05) is 13.8 Å². The van der Waals surface area contributed by atoms with Crippen LogP contribution in [-0.4, -0.2) is 15.0 Å². The lowest BCUT2D eigenvalue weighted by Crippen LogP contribution is -2.11. The molecule has 0 radical (unpaired) electrons. The van der Waals surface area contributed by atoms with Gasteiger partial charge in [-0.15, -0.1) is 0 Å². The largest absolute Gasteiger partial charge is 0.433 e. The zero-order chi connectivity index (χ0) is 20.1. The van der Waals surface area contributed by atoms with Crippen molar-refractivity contribution in [2.45, 2.75) is 44.0 Å². The summed E-state index contributed by atoms with van der Waals surface area (Å²) in [5, 5.41) is -0.524. The van der Waals surface area contributed by atoms with E-state index >= 15 is 0 Å². The van der Waals surface area contributed by atoms with Gasteiger partial charge in [-0.05, 0) is 18.6 Å².